The Hall–Kier alpha value is -3.41. The first-order chi connectivity index (χ1) is 17.2. The highest BCUT2D eigenvalue weighted by Gasteiger charge is 2.09. The van der Waals surface area contributed by atoms with Gasteiger partial charge in [0, 0.05) is 23.8 Å². The van der Waals surface area contributed by atoms with Crippen LogP contribution in [0.4, 0.5) is 14.5 Å². The molecular weight excluding hydrogens is 454 g/mol. The van der Waals surface area contributed by atoms with E-state index in [1.165, 1.54) is 11.1 Å². The summed E-state index contributed by atoms with van der Waals surface area (Å²) in [5.41, 5.74) is 5.28. The van der Waals surface area contributed by atoms with Crippen LogP contribution >= 0.6 is 0 Å². The second-order valence-corrected chi connectivity index (χ2v) is 9.06. The molecular formula is C30H40F2N4. The molecule has 36 heavy (non-hydrogen) atoms. The number of aliphatic imine (C=N–C) groups is 1. The molecule has 194 valence electrons. The van der Waals surface area contributed by atoms with E-state index in [2.05, 4.69) is 80.2 Å². The van der Waals surface area contributed by atoms with Crippen LogP contribution in [0.3, 0.4) is 0 Å². The summed E-state index contributed by atoms with van der Waals surface area (Å²) in [6, 6.07) is 15.4. The Morgan fingerprint density at radius 1 is 1.03 bits per heavy atom. The molecule has 0 bridgehead atoms. The Labute approximate surface area is 215 Å². The maximum atomic E-state index is 12.6. The largest absolute Gasteiger partial charge is 0.378 e. The molecule has 0 aromatic heterocycles. The minimum Gasteiger partial charge on any atom is -0.378 e. The van der Waals surface area contributed by atoms with E-state index in [0.717, 1.165) is 42.8 Å². The summed E-state index contributed by atoms with van der Waals surface area (Å²) in [7, 11) is 0. The number of unbranched alkanes of at least 4 members (excludes halogenated alkanes) is 3. The van der Waals surface area contributed by atoms with Crippen LogP contribution in [0.2, 0.25) is 0 Å². The fraction of sp³-hybridized carbons (Fsp3) is 0.367. The molecule has 0 aliphatic carbocycles. The van der Waals surface area contributed by atoms with E-state index < -0.39 is 6.43 Å². The zero-order valence-electron chi connectivity index (χ0n) is 22.0. The molecule has 0 spiro atoms. The van der Waals surface area contributed by atoms with Crippen molar-refractivity contribution in [3.63, 3.8) is 0 Å². The van der Waals surface area contributed by atoms with Crippen LogP contribution < -0.4 is 16.0 Å². The Morgan fingerprint density at radius 3 is 2.31 bits per heavy atom. The van der Waals surface area contributed by atoms with E-state index in [1.807, 2.05) is 6.92 Å². The van der Waals surface area contributed by atoms with Gasteiger partial charge >= 0.3 is 0 Å². The first-order valence-electron chi connectivity index (χ1n) is 12.6. The molecule has 6 heteroatoms. The highest BCUT2D eigenvalue weighted by molar-refractivity contribution is 5.97. The zero-order chi connectivity index (χ0) is 26.5. The number of aryl methyl sites for hydroxylation is 1. The molecule has 0 aliphatic rings. The molecule has 2 rings (SSSR count). The molecule has 0 heterocycles. The number of halogens is 2. The predicted octanol–water partition coefficient (Wildman–Crippen LogP) is 8.02. The summed E-state index contributed by atoms with van der Waals surface area (Å²) in [6.07, 6.45) is 3.72. The molecule has 0 saturated heterocycles. The minimum absolute atomic E-state index is 0.0952. The lowest BCUT2D eigenvalue weighted by atomic mass is 10.1. The first kappa shape index (κ1) is 28.8. The van der Waals surface area contributed by atoms with Gasteiger partial charge in [0.15, 0.2) is 0 Å². The third-order valence-corrected chi connectivity index (χ3v) is 5.76. The molecule has 0 aliphatic heterocycles. The van der Waals surface area contributed by atoms with E-state index >= 15 is 0 Å². The summed E-state index contributed by atoms with van der Waals surface area (Å²) in [5.74, 6) is 1.22. The quantitative estimate of drug-likeness (QED) is 0.174. The van der Waals surface area contributed by atoms with Gasteiger partial charge in [0.25, 0.3) is 0 Å². The average Bonchev–Trinajstić information content (AvgIpc) is 2.83. The van der Waals surface area contributed by atoms with Crippen molar-refractivity contribution in [3.8, 4) is 0 Å². The van der Waals surface area contributed by atoms with Gasteiger partial charge in [-0.25, -0.2) is 13.8 Å². The number of nitrogens with one attached hydrogen (secondary N) is 3. The number of allylic oxidation sites excluding steroid dienone is 2. The van der Waals surface area contributed by atoms with Gasteiger partial charge in [-0.1, -0.05) is 74.9 Å². The fourth-order valence-corrected chi connectivity index (χ4v) is 3.57. The van der Waals surface area contributed by atoms with Crippen LogP contribution in [-0.2, 0) is 6.42 Å². The average molecular weight is 495 g/mol. The van der Waals surface area contributed by atoms with Crippen LogP contribution in [0.15, 0.2) is 90.1 Å². The maximum absolute atomic E-state index is 12.6. The second-order valence-electron chi connectivity index (χ2n) is 9.06. The van der Waals surface area contributed by atoms with E-state index in [9.17, 15) is 8.78 Å². The van der Waals surface area contributed by atoms with Crippen molar-refractivity contribution in [2.24, 2.45) is 4.99 Å². The Balaban J connectivity index is 2.06. The van der Waals surface area contributed by atoms with Gasteiger partial charge in [-0.2, -0.15) is 0 Å². The molecule has 2 aromatic rings. The molecule has 1 atom stereocenters. The summed E-state index contributed by atoms with van der Waals surface area (Å²) in [5, 5.41) is 9.86. The van der Waals surface area contributed by atoms with Gasteiger partial charge in [-0.15, -0.1) is 0 Å². The van der Waals surface area contributed by atoms with Gasteiger partial charge in [0.2, 0.25) is 6.43 Å². The third kappa shape index (κ3) is 10.5. The summed E-state index contributed by atoms with van der Waals surface area (Å²) >= 11 is 0. The van der Waals surface area contributed by atoms with Crippen LogP contribution in [0.5, 0.6) is 0 Å². The van der Waals surface area contributed by atoms with Crippen LogP contribution in [0.1, 0.15) is 69.2 Å². The van der Waals surface area contributed by atoms with E-state index in [0.29, 0.717) is 17.2 Å². The molecule has 4 nitrogen and oxygen atoms in total. The van der Waals surface area contributed by atoms with Crippen molar-refractivity contribution < 1.29 is 8.78 Å². The number of rotatable bonds is 15. The smallest absolute Gasteiger partial charge is 0.242 e. The number of hydrogen-bond donors (Lipinski definition) is 3. The lowest BCUT2D eigenvalue weighted by molar-refractivity contribution is 0.149. The lowest BCUT2D eigenvalue weighted by Crippen LogP contribution is -2.23. The van der Waals surface area contributed by atoms with Gasteiger partial charge < -0.3 is 16.0 Å². The van der Waals surface area contributed by atoms with Crippen molar-refractivity contribution in [1.29, 1.82) is 0 Å². The Kier molecular flexibility index (Phi) is 11.9. The number of alkyl halides is 2. The number of anilines is 1. The van der Waals surface area contributed by atoms with Crippen molar-refractivity contribution in [2.75, 3.05) is 5.32 Å². The van der Waals surface area contributed by atoms with E-state index in [4.69, 9.17) is 4.99 Å². The Bertz CT molecular complexity index is 1040. The topological polar surface area (TPSA) is 48.5 Å². The van der Waals surface area contributed by atoms with Gasteiger partial charge in [-0.05, 0) is 62.9 Å². The maximum Gasteiger partial charge on any atom is 0.242 e. The van der Waals surface area contributed by atoms with Crippen molar-refractivity contribution >= 4 is 11.4 Å². The monoisotopic (exact) mass is 494 g/mol. The second kappa shape index (κ2) is 14.9. The number of nitrogens with zero attached hydrogens (tertiary/aromatic N) is 1. The zero-order valence-corrected chi connectivity index (χ0v) is 22.0. The van der Waals surface area contributed by atoms with E-state index in [1.54, 1.807) is 24.3 Å². The molecule has 0 fully saturated rings. The van der Waals surface area contributed by atoms with Crippen LogP contribution in [-0.4, -0.2) is 12.1 Å². The van der Waals surface area contributed by atoms with Crippen LogP contribution in [0.25, 0.3) is 0 Å². The number of benzene rings is 2. The van der Waals surface area contributed by atoms with E-state index in [-0.39, 0.29) is 12.5 Å². The molecule has 0 amide bonds. The number of hydrogen-bond acceptors (Lipinski definition) is 4. The fourth-order valence-electron chi connectivity index (χ4n) is 3.57. The molecule has 1 unspecified atom stereocenters. The highest BCUT2D eigenvalue weighted by Crippen LogP contribution is 2.16. The lowest BCUT2D eigenvalue weighted by Gasteiger charge is -2.19. The normalized spacial score (nSPS) is 12.9. The highest BCUT2D eigenvalue weighted by atomic mass is 19.3. The SMILES string of the molecule is C=C(NC(=C/CCCCC)/N=C(\C)C(=C)NC(C)c1ccc(C)cc1)Nc1ccc(CC(F)F)cc1. The summed E-state index contributed by atoms with van der Waals surface area (Å²) < 4.78 is 25.2. The Morgan fingerprint density at radius 2 is 1.69 bits per heavy atom. The molecule has 3 N–H and O–H groups in total. The first-order valence-corrected chi connectivity index (χ1v) is 12.6. The minimum atomic E-state index is -2.36. The summed E-state index contributed by atoms with van der Waals surface area (Å²) in [4.78, 5) is 4.78. The summed E-state index contributed by atoms with van der Waals surface area (Å²) in [6.45, 7) is 16.5. The van der Waals surface area contributed by atoms with Gasteiger partial charge in [-0.3, -0.25) is 0 Å². The van der Waals surface area contributed by atoms with Gasteiger partial charge in [0.05, 0.1) is 5.71 Å². The van der Waals surface area contributed by atoms with Crippen molar-refractivity contribution in [1.82, 2.24) is 10.6 Å². The molecule has 0 saturated carbocycles. The third-order valence-electron chi connectivity index (χ3n) is 5.76. The standard InChI is InChI=1S/C30H40F2N4/c1-7-8-9-10-11-30(36-25(6)35-28-18-14-26(15-19-28)20-29(31)32)34-23(4)22(3)33-24(5)27-16-12-21(2)13-17-27/h11-19,24,29,33,35-36H,3,6-10,20H2,1-2,4-5H3/b30-11+,34-23+. The molecule has 0 radical (unpaired) electrons. The predicted molar refractivity (Wildman–Crippen MR) is 149 cm³/mol. The van der Waals surface area contributed by atoms with Crippen molar-refractivity contribution in [3.05, 3.63) is 102 Å². The van der Waals surface area contributed by atoms with Gasteiger partial charge in [0.1, 0.15) is 11.6 Å². The van der Waals surface area contributed by atoms with Crippen LogP contribution in [0, 0.1) is 6.92 Å². The molecule has 2 aromatic carbocycles. The van der Waals surface area contributed by atoms with Crippen molar-refractivity contribution in [2.45, 2.75) is 72.3 Å².